The molecule has 0 spiro atoms. The van der Waals surface area contributed by atoms with Crippen LogP contribution in [0.5, 0.6) is 0 Å². The molecule has 3 unspecified atom stereocenters. The minimum atomic E-state index is -0.146. The molecular weight excluding hydrogens is 286 g/mol. The van der Waals surface area contributed by atoms with Crippen LogP contribution >= 0.6 is 0 Å². The average Bonchev–Trinajstić information content (AvgIpc) is 2.80. The number of benzene rings is 2. The van der Waals surface area contributed by atoms with Crippen molar-refractivity contribution in [2.24, 2.45) is 11.8 Å². The van der Waals surface area contributed by atoms with Gasteiger partial charge in [0, 0.05) is 11.8 Å². The fraction of sp³-hybridized carbons (Fsp3) is 0.400. The molecule has 2 aromatic carbocycles. The van der Waals surface area contributed by atoms with Crippen LogP contribution < -0.4 is 5.32 Å². The van der Waals surface area contributed by atoms with Crippen molar-refractivity contribution in [3.8, 4) is 0 Å². The van der Waals surface area contributed by atoms with Crippen LogP contribution in [0.2, 0.25) is 0 Å². The molecule has 0 aliphatic carbocycles. The van der Waals surface area contributed by atoms with Gasteiger partial charge in [-0.1, -0.05) is 70.2 Å². The van der Waals surface area contributed by atoms with E-state index >= 15 is 0 Å². The Hall–Kier alpha value is -2.16. The Morgan fingerprint density at radius 2 is 1.52 bits per heavy atom. The molecule has 0 saturated carbocycles. The van der Waals surface area contributed by atoms with E-state index in [0.717, 1.165) is 0 Å². The third-order valence-electron chi connectivity index (χ3n) is 4.78. The SMILES string of the molecule is CC1C(=O)NC(=O)C1C.CCC(C)c1ccc2ccccc2c1. The maximum Gasteiger partial charge on any atom is 0.230 e. The van der Waals surface area contributed by atoms with Gasteiger partial charge in [-0.3, -0.25) is 14.9 Å². The van der Waals surface area contributed by atoms with Crippen LogP contribution in [0.15, 0.2) is 42.5 Å². The highest BCUT2D eigenvalue weighted by molar-refractivity contribution is 6.04. The van der Waals surface area contributed by atoms with Crippen molar-refractivity contribution < 1.29 is 9.59 Å². The number of hydrogen-bond acceptors (Lipinski definition) is 2. The monoisotopic (exact) mass is 311 g/mol. The van der Waals surface area contributed by atoms with Gasteiger partial charge in [-0.05, 0) is 28.7 Å². The average molecular weight is 311 g/mol. The second-order valence-electron chi connectivity index (χ2n) is 6.35. The van der Waals surface area contributed by atoms with Gasteiger partial charge < -0.3 is 0 Å². The zero-order chi connectivity index (χ0) is 17.0. The van der Waals surface area contributed by atoms with Crippen molar-refractivity contribution in [1.29, 1.82) is 0 Å². The lowest BCUT2D eigenvalue weighted by atomic mass is 9.96. The standard InChI is InChI=1S/C14H16.C6H9NO2/c1-3-11(2)13-9-8-12-6-4-5-7-14(12)10-13;1-3-4(2)6(9)7-5(3)8/h4-11H,3H2,1-2H3;3-4H,1-2H3,(H,7,8,9). The molecule has 1 aliphatic heterocycles. The highest BCUT2D eigenvalue weighted by Crippen LogP contribution is 2.23. The molecule has 1 heterocycles. The molecule has 2 amide bonds. The summed E-state index contributed by atoms with van der Waals surface area (Å²) in [5.41, 5.74) is 1.45. The summed E-state index contributed by atoms with van der Waals surface area (Å²) >= 11 is 0. The maximum absolute atomic E-state index is 10.7. The third-order valence-corrected chi connectivity index (χ3v) is 4.78. The Morgan fingerprint density at radius 1 is 0.957 bits per heavy atom. The quantitative estimate of drug-likeness (QED) is 0.842. The summed E-state index contributed by atoms with van der Waals surface area (Å²) in [6.07, 6.45) is 1.21. The minimum absolute atomic E-state index is 0.141. The summed E-state index contributed by atoms with van der Waals surface area (Å²) in [5, 5.41) is 4.92. The fourth-order valence-corrected chi connectivity index (χ4v) is 2.55. The van der Waals surface area contributed by atoms with Crippen molar-refractivity contribution in [3.63, 3.8) is 0 Å². The topological polar surface area (TPSA) is 46.2 Å². The van der Waals surface area contributed by atoms with E-state index in [2.05, 4.69) is 61.6 Å². The van der Waals surface area contributed by atoms with Crippen LogP contribution in [0, 0.1) is 11.8 Å². The minimum Gasteiger partial charge on any atom is -0.296 e. The van der Waals surface area contributed by atoms with Crippen LogP contribution in [0.4, 0.5) is 0 Å². The lowest BCUT2D eigenvalue weighted by Gasteiger charge is -2.09. The molecule has 23 heavy (non-hydrogen) atoms. The van der Waals surface area contributed by atoms with Crippen LogP contribution in [0.3, 0.4) is 0 Å². The van der Waals surface area contributed by atoms with Crippen LogP contribution in [0.25, 0.3) is 10.8 Å². The summed E-state index contributed by atoms with van der Waals surface area (Å²) in [7, 11) is 0. The smallest absolute Gasteiger partial charge is 0.230 e. The van der Waals surface area contributed by atoms with Crippen molar-refractivity contribution in [3.05, 3.63) is 48.0 Å². The van der Waals surface area contributed by atoms with Crippen molar-refractivity contribution in [1.82, 2.24) is 5.32 Å². The highest BCUT2D eigenvalue weighted by atomic mass is 16.2. The van der Waals surface area contributed by atoms with Gasteiger partial charge in [-0.25, -0.2) is 0 Å². The number of hydrogen-bond donors (Lipinski definition) is 1. The van der Waals surface area contributed by atoms with E-state index in [1.54, 1.807) is 13.8 Å². The maximum atomic E-state index is 10.7. The van der Waals surface area contributed by atoms with Crippen LogP contribution in [0.1, 0.15) is 45.6 Å². The predicted octanol–water partition coefficient (Wildman–Crippen LogP) is 4.27. The second-order valence-corrected chi connectivity index (χ2v) is 6.35. The van der Waals surface area contributed by atoms with E-state index in [0.29, 0.717) is 5.92 Å². The molecule has 1 fully saturated rings. The van der Waals surface area contributed by atoms with Gasteiger partial charge in [0.05, 0.1) is 0 Å². The summed E-state index contributed by atoms with van der Waals surface area (Å²) in [6, 6.07) is 15.3. The first-order valence-corrected chi connectivity index (χ1v) is 8.27. The molecule has 0 radical (unpaired) electrons. The van der Waals surface area contributed by atoms with Gasteiger partial charge in [0.2, 0.25) is 11.8 Å². The van der Waals surface area contributed by atoms with Gasteiger partial charge >= 0.3 is 0 Å². The molecular formula is C20H25NO2. The van der Waals surface area contributed by atoms with Crippen LogP contribution in [-0.4, -0.2) is 11.8 Å². The summed E-state index contributed by atoms with van der Waals surface area (Å²) < 4.78 is 0. The highest BCUT2D eigenvalue weighted by Gasteiger charge is 2.34. The Morgan fingerprint density at radius 3 is 2.00 bits per heavy atom. The lowest BCUT2D eigenvalue weighted by molar-refractivity contribution is -0.126. The zero-order valence-corrected chi connectivity index (χ0v) is 14.3. The zero-order valence-electron chi connectivity index (χ0n) is 14.3. The van der Waals surface area contributed by atoms with E-state index in [-0.39, 0.29) is 23.7 Å². The number of carbonyl (C=O) groups is 2. The predicted molar refractivity (Wildman–Crippen MR) is 94.1 cm³/mol. The van der Waals surface area contributed by atoms with Crippen LogP contribution in [-0.2, 0) is 9.59 Å². The summed E-state index contributed by atoms with van der Waals surface area (Å²) in [4.78, 5) is 21.3. The van der Waals surface area contributed by atoms with Gasteiger partial charge in [0.25, 0.3) is 0 Å². The lowest BCUT2D eigenvalue weighted by Crippen LogP contribution is -2.21. The number of rotatable bonds is 2. The molecule has 1 N–H and O–H groups in total. The van der Waals surface area contributed by atoms with Gasteiger partial charge in [-0.15, -0.1) is 0 Å². The molecule has 3 heteroatoms. The second kappa shape index (κ2) is 7.40. The largest absolute Gasteiger partial charge is 0.296 e. The van der Waals surface area contributed by atoms with Gasteiger partial charge in [0.1, 0.15) is 0 Å². The number of carbonyl (C=O) groups excluding carboxylic acids is 2. The van der Waals surface area contributed by atoms with Gasteiger partial charge in [0.15, 0.2) is 0 Å². The first-order chi connectivity index (χ1) is 10.9. The van der Waals surface area contributed by atoms with E-state index in [1.807, 2.05) is 0 Å². The molecule has 1 aliphatic rings. The fourth-order valence-electron chi connectivity index (χ4n) is 2.55. The number of amides is 2. The van der Waals surface area contributed by atoms with E-state index in [4.69, 9.17) is 0 Å². The number of fused-ring (bicyclic) bond motifs is 1. The third kappa shape index (κ3) is 3.98. The molecule has 3 nitrogen and oxygen atoms in total. The van der Waals surface area contributed by atoms with E-state index < -0.39 is 0 Å². The summed E-state index contributed by atoms with van der Waals surface area (Å²) in [5.74, 6) is 0.0922. The van der Waals surface area contributed by atoms with E-state index in [9.17, 15) is 9.59 Å². The first kappa shape index (κ1) is 17.2. The molecule has 122 valence electrons. The molecule has 3 rings (SSSR count). The Balaban J connectivity index is 0.000000185. The Kier molecular flexibility index (Phi) is 5.54. The van der Waals surface area contributed by atoms with Crippen molar-refractivity contribution in [2.45, 2.75) is 40.0 Å². The van der Waals surface area contributed by atoms with Crippen molar-refractivity contribution >= 4 is 22.6 Å². The molecule has 1 saturated heterocycles. The first-order valence-electron chi connectivity index (χ1n) is 8.27. The Labute approximate surface area is 138 Å². The normalized spacial score (nSPS) is 21.6. The molecule has 0 bridgehead atoms. The molecule has 2 aromatic rings. The van der Waals surface area contributed by atoms with E-state index in [1.165, 1.54) is 22.8 Å². The number of nitrogens with one attached hydrogen (secondary N) is 1. The summed E-state index contributed by atoms with van der Waals surface area (Å²) in [6.45, 7) is 8.03. The molecule has 0 aromatic heterocycles. The Bertz CT molecular complexity index is 690. The number of imide groups is 1. The van der Waals surface area contributed by atoms with Gasteiger partial charge in [-0.2, -0.15) is 0 Å². The molecule has 3 atom stereocenters. The van der Waals surface area contributed by atoms with Crippen molar-refractivity contribution in [2.75, 3.05) is 0 Å².